The fourth-order valence-electron chi connectivity index (χ4n) is 2.50. The summed E-state index contributed by atoms with van der Waals surface area (Å²) in [6.07, 6.45) is 1.53. The summed E-state index contributed by atoms with van der Waals surface area (Å²) >= 11 is 0. The highest BCUT2D eigenvalue weighted by Gasteiger charge is 2.14. The molecule has 0 aliphatic heterocycles. The first-order chi connectivity index (χ1) is 12.6. The number of hydrogen-bond acceptors (Lipinski definition) is 5. The summed E-state index contributed by atoms with van der Waals surface area (Å²) < 4.78 is 6.52. The average Bonchev–Trinajstić information content (AvgIpc) is 2.66. The molecule has 0 radical (unpaired) electrons. The summed E-state index contributed by atoms with van der Waals surface area (Å²) in [4.78, 5) is 24.5. The number of carbonyl (C=O) groups is 1. The number of amides is 1. The van der Waals surface area contributed by atoms with Crippen molar-refractivity contribution in [1.82, 2.24) is 15.2 Å². The first kappa shape index (κ1) is 17.3. The molecule has 0 saturated carbocycles. The van der Waals surface area contributed by atoms with Crippen molar-refractivity contribution in [3.8, 4) is 5.75 Å². The van der Waals surface area contributed by atoms with E-state index in [1.165, 1.54) is 13.3 Å². The fraction of sp³-hybridized carbons (Fsp3) is 0.158. The van der Waals surface area contributed by atoms with Crippen molar-refractivity contribution >= 4 is 22.9 Å². The largest absolute Gasteiger partial charge is 0.494 e. The second-order valence-corrected chi connectivity index (χ2v) is 5.52. The maximum atomic E-state index is 12.4. The maximum absolute atomic E-state index is 12.4. The zero-order valence-electron chi connectivity index (χ0n) is 14.5. The van der Waals surface area contributed by atoms with E-state index in [1.54, 1.807) is 24.3 Å². The summed E-state index contributed by atoms with van der Waals surface area (Å²) in [6, 6.07) is 14.2. The average molecular weight is 350 g/mol. The van der Waals surface area contributed by atoms with Gasteiger partial charge in [-0.2, -0.15) is 10.2 Å². The molecule has 0 spiro atoms. The van der Waals surface area contributed by atoms with Gasteiger partial charge in [0.2, 0.25) is 0 Å². The molecule has 0 bridgehead atoms. The zero-order valence-corrected chi connectivity index (χ0v) is 14.5. The minimum atomic E-state index is -0.487. The quantitative estimate of drug-likeness (QED) is 0.564. The number of hydrazone groups is 1. The number of carbonyl (C=O) groups excluding carboxylic acids is 1. The molecule has 0 fully saturated rings. The topological polar surface area (TPSA) is 85.6 Å². The molecule has 1 heterocycles. The Bertz CT molecular complexity index is 1020. The van der Waals surface area contributed by atoms with Gasteiger partial charge in [-0.1, -0.05) is 18.2 Å². The SMILES string of the molecule is CCOc1ccc(C=NNC(=O)c2nn(C)c(=O)c3ccccc23)cc1. The van der Waals surface area contributed by atoms with Gasteiger partial charge < -0.3 is 4.74 Å². The first-order valence-corrected chi connectivity index (χ1v) is 8.12. The number of ether oxygens (including phenoxy) is 1. The highest BCUT2D eigenvalue weighted by atomic mass is 16.5. The minimum Gasteiger partial charge on any atom is -0.494 e. The van der Waals surface area contributed by atoms with E-state index < -0.39 is 5.91 Å². The number of benzene rings is 2. The molecule has 0 saturated heterocycles. The zero-order chi connectivity index (χ0) is 18.5. The Morgan fingerprint density at radius 1 is 1.19 bits per heavy atom. The van der Waals surface area contributed by atoms with Crippen LogP contribution < -0.4 is 15.7 Å². The van der Waals surface area contributed by atoms with Crippen LogP contribution in [0.3, 0.4) is 0 Å². The van der Waals surface area contributed by atoms with Crippen LogP contribution in [-0.4, -0.2) is 28.5 Å². The van der Waals surface area contributed by atoms with Gasteiger partial charge in [-0.05, 0) is 42.8 Å². The monoisotopic (exact) mass is 350 g/mol. The van der Waals surface area contributed by atoms with Crippen molar-refractivity contribution in [1.29, 1.82) is 0 Å². The van der Waals surface area contributed by atoms with E-state index in [9.17, 15) is 9.59 Å². The number of fused-ring (bicyclic) bond motifs is 1. The van der Waals surface area contributed by atoms with E-state index in [0.29, 0.717) is 17.4 Å². The van der Waals surface area contributed by atoms with Crippen molar-refractivity contribution in [2.45, 2.75) is 6.92 Å². The standard InChI is InChI=1S/C19H18N4O3/c1-3-26-14-10-8-13(9-11-14)12-20-21-18(24)17-15-6-4-5-7-16(15)19(25)23(2)22-17/h4-12H,3H2,1-2H3,(H,21,24). The Hall–Kier alpha value is -3.48. The van der Waals surface area contributed by atoms with Crippen molar-refractivity contribution in [3.63, 3.8) is 0 Å². The van der Waals surface area contributed by atoms with Crippen LogP contribution in [0.4, 0.5) is 0 Å². The summed E-state index contributed by atoms with van der Waals surface area (Å²) in [5, 5.41) is 8.95. The molecule has 1 N–H and O–H groups in total. The van der Waals surface area contributed by atoms with Crippen LogP contribution >= 0.6 is 0 Å². The van der Waals surface area contributed by atoms with E-state index >= 15 is 0 Å². The van der Waals surface area contributed by atoms with Crippen LogP contribution in [0.15, 0.2) is 58.4 Å². The highest BCUT2D eigenvalue weighted by Crippen LogP contribution is 2.13. The lowest BCUT2D eigenvalue weighted by atomic mass is 10.1. The van der Waals surface area contributed by atoms with Gasteiger partial charge in [0, 0.05) is 12.4 Å². The number of aryl methyl sites for hydroxylation is 1. The lowest BCUT2D eigenvalue weighted by Crippen LogP contribution is -2.27. The number of hydrogen-bond donors (Lipinski definition) is 1. The molecule has 7 heteroatoms. The molecule has 0 aliphatic carbocycles. The number of aromatic nitrogens is 2. The molecule has 132 valence electrons. The van der Waals surface area contributed by atoms with Crippen LogP contribution in [0, 0.1) is 0 Å². The highest BCUT2D eigenvalue weighted by molar-refractivity contribution is 6.04. The van der Waals surface area contributed by atoms with Gasteiger partial charge in [0.15, 0.2) is 5.69 Å². The molecule has 26 heavy (non-hydrogen) atoms. The third-order valence-electron chi connectivity index (χ3n) is 3.74. The van der Waals surface area contributed by atoms with E-state index in [4.69, 9.17) is 4.74 Å². The van der Waals surface area contributed by atoms with Gasteiger partial charge in [0.05, 0.1) is 18.2 Å². The number of nitrogens with zero attached hydrogens (tertiary/aromatic N) is 3. The van der Waals surface area contributed by atoms with Gasteiger partial charge >= 0.3 is 0 Å². The fourth-order valence-corrected chi connectivity index (χ4v) is 2.50. The molecular formula is C19H18N4O3. The van der Waals surface area contributed by atoms with Crippen molar-refractivity contribution in [2.24, 2.45) is 12.1 Å². The predicted octanol–water partition coefficient (Wildman–Crippen LogP) is 2.10. The van der Waals surface area contributed by atoms with E-state index in [0.717, 1.165) is 16.0 Å². The molecule has 1 aromatic heterocycles. The second kappa shape index (κ2) is 7.60. The normalized spacial score (nSPS) is 11.0. The summed E-state index contributed by atoms with van der Waals surface area (Å²) in [6.45, 7) is 2.52. The van der Waals surface area contributed by atoms with E-state index in [2.05, 4.69) is 15.6 Å². The molecule has 2 aromatic carbocycles. The Labute approximate surface area is 149 Å². The predicted molar refractivity (Wildman–Crippen MR) is 99.7 cm³/mol. The maximum Gasteiger partial charge on any atom is 0.292 e. The summed E-state index contributed by atoms with van der Waals surface area (Å²) in [5.41, 5.74) is 3.15. The van der Waals surface area contributed by atoms with Gasteiger partial charge in [-0.3, -0.25) is 9.59 Å². The Kier molecular flexibility index (Phi) is 5.07. The molecule has 3 aromatic rings. The van der Waals surface area contributed by atoms with E-state index in [-0.39, 0.29) is 11.3 Å². The molecule has 0 unspecified atom stereocenters. The van der Waals surface area contributed by atoms with Gasteiger partial charge in [-0.25, -0.2) is 10.1 Å². The van der Waals surface area contributed by atoms with Gasteiger partial charge in [0.25, 0.3) is 11.5 Å². The molecule has 3 rings (SSSR count). The second-order valence-electron chi connectivity index (χ2n) is 5.52. The smallest absolute Gasteiger partial charge is 0.292 e. The minimum absolute atomic E-state index is 0.145. The molecule has 7 nitrogen and oxygen atoms in total. The number of rotatable bonds is 5. The lowest BCUT2D eigenvalue weighted by Gasteiger charge is -2.06. The Morgan fingerprint density at radius 2 is 1.88 bits per heavy atom. The Morgan fingerprint density at radius 3 is 2.58 bits per heavy atom. The van der Waals surface area contributed by atoms with E-state index in [1.807, 2.05) is 31.2 Å². The van der Waals surface area contributed by atoms with Crippen molar-refractivity contribution in [3.05, 3.63) is 70.1 Å². The number of nitrogens with one attached hydrogen (secondary N) is 1. The molecule has 0 aliphatic rings. The van der Waals surface area contributed by atoms with Crippen LogP contribution in [0.2, 0.25) is 0 Å². The van der Waals surface area contributed by atoms with Gasteiger partial charge in [0.1, 0.15) is 5.75 Å². The third-order valence-corrected chi connectivity index (χ3v) is 3.74. The third kappa shape index (κ3) is 3.61. The van der Waals surface area contributed by atoms with Gasteiger partial charge in [-0.15, -0.1) is 0 Å². The molecule has 1 amide bonds. The lowest BCUT2D eigenvalue weighted by molar-refractivity contribution is 0.0950. The Balaban J connectivity index is 1.79. The van der Waals surface area contributed by atoms with Crippen molar-refractivity contribution in [2.75, 3.05) is 6.61 Å². The van der Waals surface area contributed by atoms with Crippen LogP contribution in [0.1, 0.15) is 23.0 Å². The van der Waals surface area contributed by atoms with Crippen LogP contribution in [0.25, 0.3) is 10.8 Å². The summed E-state index contributed by atoms with van der Waals surface area (Å²) in [5.74, 6) is 0.286. The van der Waals surface area contributed by atoms with Crippen LogP contribution in [0.5, 0.6) is 5.75 Å². The van der Waals surface area contributed by atoms with Crippen molar-refractivity contribution < 1.29 is 9.53 Å². The molecular weight excluding hydrogens is 332 g/mol. The molecule has 0 atom stereocenters. The van der Waals surface area contributed by atoms with Crippen LogP contribution in [-0.2, 0) is 7.05 Å². The summed E-state index contributed by atoms with van der Waals surface area (Å²) in [7, 11) is 1.51. The first-order valence-electron chi connectivity index (χ1n) is 8.12.